The van der Waals surface area contributed by atoms with Gasteiger partial charge in [-0.25, -0.2) is 17.2 Å². The minimum absolute atomic E-state index is 0.138. The van der Waals surface area contributed by atoms with Gasteiger partial charge in [-0.2, -0.15) is 0 Å². The number of amides is 1. The van der Waals surface area contributed by atoms with Crippen LogP contribution in [0.25, 0.3) is 0 Å². The SMILES string of the molecule is Cc1ccccc1C(NC(=O)C(C)N(c1ccc(F)c(F)c1)S(C)(=O)=O)c1ccccc1. The van der Waals surface area contributed by atoms with Gasteiger partial charge in [-0.1, -0.05) is 54.6 Å². The molecule has 1 N–H and O–H groups in total. The van der Waals surface area contributed by atoms with E-state index in [1.165, 1.54) is 6.92 Å². The van der Waals surface area contributed by atoms with Crippen LogP contribution in [0.15, 0.2) is 72.8 Å². The largest absolute Gasteiger partial charge is 0.343 e. The molecule has 3 rings (SSSR count). The highest BCUT2D eigenvalue weighted by Crippen LogP contribution is 2.27. The van der Waals surface area contributed by atoms with Gasteiger partial charge in [0, 0.05) is 6.07 Å². The summed E-state index contributed by atoms with van der Waals surface area (Å²) in [6, 6.07) is 17.8. The van der Waals surface area contributed by atoms with Crippen LogP contribution in [0.1, 0.15) is 29.7 Å². The third kappa shape index (κ3) is 5.13. The number of benzene rings is 3. The van der Waals surface area contributed by atoms with E-state index >= 15 is 0 Å². The molecule has 2 unspecified atom stereocenters. The predicted octanol–water partition coefficient (Wildman–Crippen LogP) is 4.33. The fraction of sp³-hybridized carbons (Fsp3) is 0.208. The number of sulfonamides is 1. The molecule has 8 heteroatoms. The lowest BCUT2D eigenvalue weighted by molar-refractivity contribution is -0.122. The summed E-state index contributed by atoms with van der Waals surface area (Å²) < 4.78 is 52.9. The summed E-state index contributed by atoms with van der Waals surface area (Å²) in [7, 11) is -3.98. The van der Waals surface area contributed by atoms with Gasteiger partial charge in [-0.15, -0.1) is 0 Å². The van der Waals surface area contributed by atoms with Crippen molar-refractivity contribution in [3.05, 3.63) is 101 Å². The molecule has 0 heterocycles. The van der Waals surface area contributed by atoms with Crippen LogP contribution in [0.3, 0.4) is 0 Å². The van der Waals surface area contributed by atoms with Crippen molar-refractivity contribution < 1.29 is 22.0 Å². The number of aryl methyl sites for hydroxylation is 1. The molecule has 0 saturated heterocycles. The molecule has 0 aliphatic carbocycles. The average Bonchev–Trinajstić information content (AvgIpc) is 2.74. The fourth-order valence-corrected chi connectivity index (χ4v) is 4.76. The van der Waals surface area contributed by atoms with E-state index in [1.54, 1.807) is 0 Å². The number of hydrogen-bond acceptors (Lipinski definition) is 3. The molecule has 0 aliphatic heterocycles. The number of anilines is 1. The summed E-state index contributed by atoms with van der Waals surface area (Å²) in [5.41, 5.74) is 2.50. The second-order valence-corrected chi connectivity index (χ2v) is 9.40. The molecule has 0 aliphatic rings. The highest BCUT2D eigenvalue weighted by molar-refractivity contribution is 7.92. The lowest BCUT2D eigenvalue weighted by Gasteiger charge is -2.30. The van der Waals surface area contributed by atoms with Crippen LogP contribution in [0.5, 0.6) is 0 Å². The Kier molecular flexibility index (Phi) is 6.93. The minimum Gasteiger partial charge on any atom is -0.343 e. The van der Waals surface area contributed by atoms with Crippen molar-refractivity contribution in [2.75, 3.05) is 10.6 Å². The van der Waals surface area contributed by atoms with Gasteiger partial charge < -0.3 is 5.32 Å². The molecular formula is C24H24F2N2O3S. The summed E-state index contributed by atoms with van der Waals surface area (Å²) in [6.07, 6.45) is 0.911. The zero-order valence-corrected chi connectivity index (χ0v) is 18.7. The van der Waals surface area contributed by atoms with Gasteiger partial charge in [0.15, 0.2) is 11.6 Å². The highest BCUT2D eigenvalue weighted by Gasteiger charge is 2.31. The second kappa shape index (κ2) is 9.48. The maximum atomic E-state index is 13.8. The Morgan fingerprint density at radius 2 is 1.56 bits per heavy atom. The molecule has 0 bridgehead atoms. The molecule has 3 aromatic carbocycles. The zero-order valence-electron chi connectivity index (χ0n) is 17.9. The van der Waals surface area contributed by atoms with E-state index in [4.69, 9.17) is 0 Å². The van der Waals surface area contributed by atoms with Gasteiger partial charge in [0.25, 0.3) is 0 Å². The Labute approximate surface area is 186 Å². The van der Waals surface area contributed by atoms with Crippen molar-refractivity contribution in [3.8, 4) is 0 Å². The summed E-state index contributed by atoms with van der Waals surface area (Å²) in [5.74, 6) is -2.90. The van der Waals surface area contributed by atoms with Crippen LogP contribution in [-0.4, -0.2) is 26.6 Å². The first-order valence-electron chi connectivity index (χ1n) is 9.95. The fourth-order valence-electron chi connectivity index (χ4n) is 3.59. The molecule has 0 aromatic heterocycles. The molecule has 3 aromatic rings. The van der Waals surface area contributed by atoms with E-state index in [0.717, 1.165) is 45.5 Å². The van der Waals surface area contributed by atoms with E-state index in [1.807, 2.05) is 61.5 Å². The third-order valence-corrected chi connectivity index (χ3v) is 6.41. The molecule has 168 valence electrons. The topological polar surface area (TPSA) is 66.5 Å². The van der Waals surface area contributed by atoms with Crippen molar-refractivity contribution in [3.63, 3.8) is 0 Å². The highest BCUT2D eigenvalue weighted by atomic mass is 32.2. The van der Waals surface area contributed by atoms with Gasteiger partial charge in [0.2, 0.25) is 15.9 Å². The van der Waals surface area contributed by atoms with Crippen LogP contribution in [0.4, 0.5) is 14.5 Å². The summed E-state index contributed by atoms with van der Waals surface area (Å²) in [6.45, 7) is 3.32. The molecular weight excluding hydrogens is 434 g/mol. The van der Waals surface area contributed by atoms with Gasteiger partial charge >= 0.3 is 0 Å². The molecule has 0 radical (unpaired) electrons. The van der Waals surface area contributed by atoms with Gasteiger partial charge in [-0.3, -0.25) is 9.10 Å². The monoisotopic (exact) mass is 458 g/mol. The summed E-state index contributed by atoms with van der Waals surface area (Å²) in [5, 5.41) is 2.93. The normalized spacial score (nSPS) is 13.3. The van der Waals surface area contributed by atoms with Crippen LogP contribution >= 0.6 is 0 Å². The van der Waals surface area contributed by atoms with Gasteiger partial charge in [-0.05, 0) is 42.7 Å². The van der Waals surface area contributed by atoms with Crippen LogP contribution < -0.4 is 9.62 Å². The first kappa shape index (κ1) is 23.4. The second-order valence-electron chi connectivity index (χ2n) is 7.54. The lowest BCUT2D eigenvalue weighted by Crippen LogP contribution is -2.48. The number of halogens is 2. The molecule has 2 atom stereocenters. The molecule has 0 fully saturated rings. The van der Waals surface area contributed by atoms with Crippen LogP contribution in [0, 0.1) is 18.6 Å². The van der Waals surface area contributed by atoms with E-state index in [-0.39, 0.29) is 5.69 Å². The Morgan fingerprint density at radius 1 is 0.938 bits per heavy atom. The van der Waals surface area contributed by atoms with Crippen molar-refractivity contribution in [2.45, 2.75) is 25.9 Å². The number of carbonyl (C=O) groups is 1. The quantitative estimate of drug-likeness (QED) is 0.573. The van der Waals surface area contributed by atoms with E-state index in [2.05, 4.69) is 5.32 Å². The minimum atomic E-state index is -3.98. The number of carbonyl (C=O) groups excluding carboxylic acids is 1. The number of nitrogens with zero attached hydrogens (tertiary/aromatic N) is 1. The smallest absolute Gasteiger partial charge is 0.244 e. The van der Waals surface area contributed by atoms with E-state index < -0.39 is 39.6 Å². The van der Waals surface area contributed by atoms with E-state index in [9.17, 15) is 22.0 Å². The number of hydrogen-bond donors (Lipinski definition) is 1. The van der Waals surface area contributed by atoms with Gasteiger partial charge in [0.1, 0.15) is 6.04 Å². The maximum absolute atomic E-state index is 13.8. The van der Waals surface area contributed by atoms with Gasteiger partial charge in [0.05, 0.1) is 18.0 Å². The van der Waals surface area contributed by atoms with Crippen LogP contribution in [-0.2, 0) is 14.8 Å². The van der Waals surface area contributed by atoms with Crippen LogP contribution in [0.2, 0.25) is 0 Å². The Balaban J connectivity index is 1.98. The summed E-state index contributed by atoms with van der Waals surface area (Å²) >= 11 is 0. The number of nitrogens with one attached hydrogen (secondary N) is 1. The first-order chi connectivity index (χ1) is 15.1. The van der Waals surface area contributed by atoms with Crippen molar-refractivity contribution in [1.82, 2.24) is 5.32 Å². The van der Waals surface area contributed by atoms with E-state index in [0.29, 0.717) is 0 Å². The Bertz CT molecular complexity index is 1220. The maximum Gasteiger partial charge on any atom is 0.244 e. The Morgan fingerprint density at radius 3 is 2.16 bits per heavy atom. The Hall–Kier alpha value is -3.26. The lowest BCUT2D eigenvalue weighted by atomic mass is 9.94. The zero-order chi connectivity index (χ0) is 23.5. The standard InChI is InChI=1S/C24H24F2N2O3S/c1-16-9-7-8-12-20(16)23(18-10-5-4-6-11-18)27-24(29)17(2)28(32(3,30)31)19-13-14-21(25)22(26)15-19/h4-15,17,23H,1-3H3,(H,27,29). The molecule has 1 amide bonds. The molecule has 5 nitrogen and oxygen atoms in total. The van der Waals surface area contributed by atoms with Crippen molar-refractivity contribution in [1.29, 1.82) is 0 Å². The summed E-state index contributed by atoms with van der Waals surface area (Å²) in [4.78, 5) is 13.2. The predicted molar refractivity (Wildman–Crippen MR) is 121 cm³/mol. The van der Waals surface area contributed by atoms with Crippen molar-refractivity contribution >= 4 is 21.6 Å². The third-order valence-electron chi connectivity index (χ3n) is 5.17. The average molecular weight is 459 g/mol. The van der Waals surface area contributed by atoms with Crippen molar-refractivity contribution in [2.24, 2.45) is 0 Å². The molecule has 0 spiro atoms. The number of rotatable bonds is 7. The molecule has 32 heavy (non-hydrogen) atoms. The molecule has 0 saturated carbocycles. The first-order valence-corrected chi connectivity index (χ1v) is 11.8.